The van der Waals surface area contributed by atoms with E-state index in [-0.39, 0.29) is 18.7 Å². The van der Waals surface area contributed by atoms with Crippen molar-refractivity contribution in [1.29, 1.82) is 0 Å². The van der Waals surface area contributed by atoms with Crippen molar-refractivity contribution in [1.82, 2.24) is 0 Å². The molecule has 0 radical (unpaired) electrons. The van der Waals surface area contributed by atoms with Crippen molar-refractivity contribution in [2.45, 2.75) is 97.8 Å². The first-order valence-electron chi connectivity index (χ1n) is 9.53. The molecule has 0 aliphatic carbocycles. The van der Waals surface area contributed by atoms with E-state index in [1.165, 1.54) is 51.4 Å². The van der Waals surface area contributed by atoms with Crippen LogP contribution < -0.4 is 0 Å². The molecule has 0 amide bonds. The van der Waals surface area contributed by atoms with Gasteiger partial charge in [0.2, 0.25) is 5.52 Å². The molecule has 0 bridgehead atoms. The lowest BCUT2D eigenvalue weighted by molar-refractivity contribution is -0.114. The summed E-state index contributed by atoms with van der Waals surface area (Å²) in [6.07, 6.45) is 13.8. The molecule has 0 aromatic heterocycles. The van der Waals surface area contributed by atoms with Crippen LogP contribution in [-0.2, 0) is 18.4 Å². The van der Waals surface area contributed by atoms with Crippen LogP contribution in [0.2, 0.25) is 0 Å². The van der Waals surface area contributed by atoms with Crippen LogP contribution in [0.25, 0.3) is 0 Å². The second kappa shape index (κ2) is 15.4. The van der Waals surface area contributed by atoms with Gasteiger partial charge in [0.1, 0.15) is 0 Å². The van der Waals surface area contributed by atoms with Crippen LogP contribution >= 0.6 is 7.60 Å². The summed E-state index contributed by atoms with van der Waals surface area (Å²) < 4.78 is 22.4. The molecule has 23 heavy (non-hydrogen) atoms. The molecule has 0 saturated heterocycles. The number of hydrogen-bond acceptors (Lipinski definition) is 4. The average Bonchev–Trinajstić information content (AvgIpc) is 2.52. The van der Waals surface area contributed by atoms with Gasteiger partial charge in [0.05, 0.1) is 13.2 Å². The molecule has 0 aromatic rings. The van der Waals surface area contributed by atoms with Gasteiger partial charge in [-0.2, -0.15) is 0 Å². The fourth-order valence-corrected chi connectivity index (χ4v) is 4.07. The minimum absolute atomic E-state index is 0.237. The van der Waals surface area contributed by atoms with Crippen molar-refractivity contribution >= 4 is 13.1 Å². The van der Waals surface area contributed by atoms with Crippen LogP contribution in [0.1, 0.15) is 97.8 Å². The Bertz CT molecular complexity index is 321. The first-order valence-corrected chi connectivity index (χ1v) is 11.1. The van der Waals surface area contributed by atoms with E-state index in [4.69, 9.17) is 9.05 Å². The van der Waals surface area contributed by atoms with Gasteiger partial charge in [-0.25, -0.2) is 0 Å². The maximum atomic E-state index is 12.2. The molecule has 0 atom stereocenters. The molecule has 0 unspecified atom stereocenters. The molecule has 0 saturated carbocycles. The van der Waals surface area contributed by atoms with Gasteiger partial charge in [-0.05, 0) is 20.3 Å². The summed E-state index contributed by atoms with van der Waals surface area (Å²) in [6, 6.07) is 0. The third-order valence-corrected chi connectivity index (χ3v) is 5.93. The van der Waals surface area contributed by atoms with Crippen LogP contribution in [-0.4, -0.2) is 18.7 Å². The highest BCUT2D eigenvalue weighted by atomic mass is 31.2. The van der Waals surface area contributed by atoms with Gasteiger partial charge >= 0.3 is 7.60 Å². The Morgan fingerprint density at radius 3 is 1.48 bits per heavy atom. The third kappa shape index (κ3) is 11.9. The fraction of sp³-hybridized carbons (Fsp3) is 0.944. The Morgan fingerprint density at radius 2 is 1.09 bits per heavy atom. The highest BCUT2D eigenvalue weighted by Crippen LogP contribution is 2.50. The summed E-state index contributed by atoms with van der Waals surface area (Å²) in [5, 5.41) is 0. The normalized spacial score (nSPS) is 11.8. The Hall–Kier alpha value is -0.180. The van der Waals surface area contributed by atoms with E-state index in [2.05, 4.69) is 6.92 Å². The molecule has 0 aliphatic rings. The molecule has 0 aromatic carbocycles. The van der Waals surface area contributed by atoms with E-state index < -0.39 is 7.60 Å². The van der Waals surface area contributed by atoms with Gasteiger partial charge in [0, 0.05) is 6.42 Å². The fourth-order valence-electron chi connectivity index (χ4n) is 2.60. The van der Waals surface area contributed by atoms with Crippen molar-refractivity contribution in [3.05, 3.63) is 0 Å². The lowest BCUT2D eigenvalue weighted by atomic mass is 10.1. The van der Waals surface area contributed by atoms with Crippen LogP contribution in [0.15, 0.2) is 0 Å². The smallest absolute Gasteiger partial charge is 0.303 e. The molecule has 0 N–H and O–H groups in total. The average molecular weight is 348 g/mol. The Kier molecular flexibility index (Phi) is 15.2. The van der Waals surface area contributed by atoms with E-state index in [0.717, 1.165) is 19.3 Å². The summed E-state index contributed by atoms with van der Waals surface area (Å²) in [7, 11) is -3.53. The Labute approximate surface area is 143 Å². The second-order valence-corrected chi connectivity index (χ2v) is 8.02. The summed E-state index contributed by atoms with van der Waals surface area (Å²) in [5.41, 5.74) is -0.364. The molecule has 138 valence electrons. The number of unbranched alkanes of at least 4 members (excludes halogenated alkanes) is 10. The summed E-state index contributed by atoms with van der Waals surface area (Å²) in [5.74, 6) is 0. The minimum atomic E-state index is -3.53. The predicted octanol–water partition coefficient (Wildman–Crippen LogP) is 6.48. The van der Waals surface area contributed by atoms with Crippen molar-refractivity contribution in [3.8, 4) is 0 Å². The molecule has 0 spiro atoms. The zero-order valence-electron chi connectivity index (χ0n) is 15.5. The van der Waals surface area contributed by atoms with Crippen LogP contribution in [0, 0.1) is 0 Å². The maximum Gasteiger partial charge on any atom is 0.396 e. The Balaban J connectivity index is 3.59. The van der Waals surface area contributed by atoms with Crippen LogP contribution in [0.3, 0.4) is 0 Å². The highest BCUT2D eigenvalue weighted by molar-refractivity contribution is 7.71. The van der Waals surface area contributed by atoms with Crippen molar-refractivity contribution in [2.75, 3.05) is 13.2 Å². The van der Waals surface area contributed by atoms with Gasteiger partial charge in [-0.15, -0.1) is 0 Å². The van der Waals surface area contributed by atoms with Gasteiger partial charge < -0.3 is 9.05 Å². The second-order valence-electron chi connectivity index (χ2n) is 6.01. The van der Waals surface area contributed by atoms with Gasteiger partial charge in [0.15, 0.2) is 0 Å². The van der Waals surface area contributed by atoms with Crippen molar-refractivity contribution in [2.24, 2.45) is 0 Å². The first-order chi connectivity index (χ1) is 11.1. The van der Waals surface area contributed by atoms with Crippen LogP contribution in [0.5, 0.6) is 0 Å². The summed E-state index contributed by atoms with van der Waals surface area (Å²) in [6.45, 7) is 6.16. The van der Waals surface area contributed by atoms with Crippen LogP contribution in [0.4, 0.5) is 0 Å². The molecule has 0 rings (SSSR count). The maximum absolute atomic E-state index is 12.2. The molecular formula is C18H37O4P. The summed E-state index contributed by atoms with van der Waals surface area (Å²) in [4.78, 5) is 12.0. The summed E-state index contributed by atoms with van der Waals surface area (Å²) >= 11 is 0. The van der Waals surface area contributed by atoms with E-state index >= 15 is 0 Å². The highest BCUT2D eigenvalue weighted by Gasteiger charge is 2.32. The van der Waals surface area contributed by atoms with Gasteiger partial charge in [-0.1, -0.05) is 71.1 Å². The largest absolute Gasteiger partial charge is 0.396 e. The van der Waals surface area contributed by atoms with Gasteiger partial charge in [0.25, 0.3) is 0 Å². The van der Waals surface area contributed by atoms with E-state index in [1.807, 2.05) is 0 Å². The zero-order valence-corrected chi connectivity index (χ0v) is 16.4. The zero-order chi connectivity index (χ0) is 17.4. The number of hydrogen-bond donors (Lipinski definition) is 0. The number of carbonyl (C=O) groups excluding carboxylic acids is 1. The third-order valence-electron chi connectivity index (χ3n) is 3.90. The standard InChI is InChI=1S/C18H37O4P/c1-4-7-8-9-10-11-12-13-14-15-16-17-18(19)23(20,21-5-2)22-6-3/h4-17H2,1-3H3. The number of rotatable bonds is 17. The monoisotopic (exact) mass is 348 g/mol. The molecule has 4 nitrogen and oxygen atoms in total. The molecule has 5 heteroatoms. The SMILES string of the molecule is CCCCCCCCCCCCCC(=O)P(=O)(OCC)OCC. The lowest BCUT2D eigenvalue weighted by Gasteiger charge is -2.15. The van der Waals surface area contributed by atoms with E-state index in [0.29, 0.717) is 6.42 Å². The minimum Gasteiger partial charge on any atom is -0.303 e. The number of carbonyl (C=O) groups is 1. The molecular weight excluding hydrogens is 311 g/mol. The quantitative estimate of drug-likeness (QED) is 0.223. The van der Waals surface area contributed by atoms with E-state index in [9.17, 15) is 9.36 Å². The van der Waals surface area contributed by atoms with Crippen molar-refractivity contribution < 1.29 is 18.4 Å². The van der Waals surface area contributed by atoms with Gasteiger partial charge in [-0.3, -0.25) is 9.36 Å². The molecule has 0 fully saturated rings. The van der Waals surface area contributed by atoms with E-state index in [1.54, 1.807) is 13.8 Å². The topological polar surface area (TPSA) is 52.6 Å². The lowest BCUT2D eigenvalue weighted by Crippen LogP contribution is -2.07. The Morgan fingerprint density at radius 1 is 0.696 bits per heavy atom. The van der Waals surface area contributed by atoms with Crippen molar-refractivity contribution in [3.63, 3.8) is 0 Å². The first kappa shape index (κ1) is 22.8. The molecule has 0 aliphatic heterocycles. The predicted molar refractivity (Wildman–Crippen MR) is 96.9 cm³/mol. The molecule has 0 heterocycles.